The summed E-state index contributed by atoms with van der Waals surface area (Å²) in [6, 6.07) is 4.53. The minimum atomic E-state index is -1.23. The van der Waals surface area contributed by atoms with E-state index in [9.17, 15) is 14.0 Å². The molecule has 0 aliphatic carbocycles. The number of nitrogens with zero attached hydrogens (tertiary/aromatic N) is 1. The Bertz CT molecular complexity index is 742. The summed E-state index contributed by atoms with van der Waals surface area (Å²) in [5.41, 5.74) is -1.87. The third kappa shape index (κ3) is 2.11. The Labute approximate surface area is 118 Å². The molecule has 0 aliphatic heterocycles. The molecule has 0 amide bonds. The number of aromatic amines is 1. The van der Waals surface area contributed by atoms with Gasteiger partial charge in [0.1, 0.15) is 0 Å². The molecule has 2 rings (SSSR count). The van der Waals surface area contributed by atoms with Crippen molar-refractivity contribution < 1.29 is 4.39 Å². The van der Waals surface area contributed by atoms with Crippen LogP contribution in [0.1, 0.15) is 0 Å². The number of aromatic nitrogens is 2. The lowest BCUT2D eigenvalue weighted by Gasteiger charge is -2.08. The molecule has 4 nitrogen and oxygen atoms in total. The smallest absolute Gasteiger partial charge is 0.295 e. The molecule has 0 spiro atoms. The van der Waals surface area contributed by atoms with Gasteiger partial charge in [0.15, 0.2) is 5.15 Å². The molecule has 0 radical (unpaired) electrons. The van der Waals surface area contributed by atoms with E-state index in [0.717, 1.165) is 0 Å². The van der Waals surface area contributed by atoms with E-state index < -0.39 is 22.2 Å². The number of rotatable bonds is 1. The first-order chi connectivity index (χ1) is 8.43. The van der Waals surface area contributed by atoms with Crippen molar-refractivity contribution in [2.24, 2.45) is 0 Å². The molecule has 0 unspecified atom stereocenters. The Morgan fingerprint density at radius 2 is 1.94 bits per heavy atom. The van der Waals surface area contributed by atoms with Crippen LogP contribution in [-0.2, 0) is 0 Å². The molecular weight excluding hydrogens is 350 g/mol. The molecule has 8 heteroatoms. The highest BCUT2D eigenvalue weighted by atomic mass is 79.9. The van der Waals surface area contributed by atoms with Gasteiger partial charge in [-0.3, -0.25) is 9.78 Å². The van der Waals surface area contributed by atoms with Gasteiger partial charge in [0.2, 0.25) is 5.82 Å². The van der Waals surface area contributed by atoms with Crippen molar-refractivity contribution in [1.82, 2.24) is 9.55 Å². The lowest BCUT2D eigenvalue weighted by molar-refractivity contribution is 0.584. The zero-order chi connectivity index (χ0) is 13.4. The largest absolute Gasteiger partial charge is 0.334 e. The van der Waals surface area contributed by atoms with Crippen LogP contribution in [0, 0.1) is 5.82 Å². The number of hydrogen-bond acceptors (Lipinski definition) is 2. The summed E-state index contributed by atoms with van der Waals surface area (Å²) < 4.78 is 14.3. The van der Waals surface area contributed by atoms with Gasteiger partial charge in [0, 0.05) is 0 Å². The third-order valence-electron chi connectivity index (χ3n) is 2.18. The summed E-state index contributed by atoms with van der Waals surface area (Å²) in [5.74, 6) is -1.23. The molecule has 0 fully saturated rings. The van der Waals surface area contributed by atoms with Crippen molar-refractivity contribution in [1.29, 1.82) is 0 Å². The van der Waals surface area contributed by atoms with Crippen LogP contribution >= 0.6 is 39.1 Å². The molecular formula is C10H4BrCl2FN2O2. The maximum atomic E-state index is 13.4. The number of halogens is 4. The zero-order valence-electron chi connectivity index (χ0n) is 8.51. The fourth-order valence-corrected chi connectivity index (χ4v) is 2.15. The van der Waals surface area contributed by atoms with Crippen LogP contribution in [0.25, 0.3) is 5.69 Å². The Morgan fingerprint density at radius 3 is 2.61 bits per heavy atom. The predicted octanol–water partition coefficient (Wildman–Crippen LogP) is 2.73. The Balaban J connectivity index is 2.89. The van der Waals surface area contributed by atoms with Gasteiger partial charge in [-0.2, -0.15) is 4.39 Å². The van der Waals surface area contributed by atoms with Crippen molar-refractivity contribution in [3.05, 3.63) is 59.5 Å². The number of benzene rings is 1. The quantitative estimate of drug-likeness (QED) is 0.801. The summed E-state index contributed by atoms with van der Waals surface area (Å²) in [7, 11) is 0. The van der Waals surface area contributed by atoms with Crippen LogP contribution in [0.15, 0.2) is 32.3 Å². The number of H-pyrrole nitrogens is 1. The second-order valence-corrected chi connectivity index (χ2v) is 4.85. The van der Waals surface area contributed by atoms with Gasteiger partial charge in [-0.05, 0) is 28.1 Å². The number of hydrogen-bond donors (Lipinski definition) is 1. The fourth-order valence-electron chi connectivity index (χ4n) is 1.37. The SMILES string of the molecule is O=c1[nH]c(Cl)c(F)c(=O)n1-c1cccc(Cl)c1Br. The minimum absolute atomic E-state index is 0.129. The van der Waals surface area contributed by atoms with Crippen molar-refractivity contribution in [2.75, 3.05) is 0 Å². The maximum Gasteiger partial charge on any atom is 0.334 e. The first kappa shape index (κ1) is 13.3. The first-order valence-corrected chi connectivity index (χ1v) is 6.13. The van der Waals surface area contributed by atoms with E-state index in [1.807, 2.05) is 4.98 Å². The molecule has 94 valence electrons. The average molecular weight is 354 g/mol. The Hall–Kier alpha value is -1.11. The van der Waals surface area contributed by atoms with Gasteiger partial charge in [-0.25, -0.2) is 9.36 Å². The Morgan fingerprint density at radius 1 is 1.28 bits per heavy atom. The molecule has 18 heavy (non-hydrogen) atoms. The van der Waals surface area contributed by atoms with E-state index >= 15 is 0 Å². The molecule has 0 saturated carbocycles. The lowest BCUT2D eigenvalue weighted by Crippen LogP contribution is -2.36. The van der Waals surface area contributed by atoms with E-state index in [0.29, 0.717) is 9.04 Å². The molecule has 1 aromatic heterocycles. The lowest BCUT2D eigenvalue weighted by atomic mass is 10.3. The van der Waals surface area contributed by atoms with E-state index in [-0.39, 0.29) is 10.7 Å². The van der Waals surface area contributed by atoms with Gasteiger partial charge in [-0.15, -0.1) is 0 Å². The summed E-state index contributed by atoms with van der Waals surface area (Å²) >= 11 is 14.3. The average Bonchev–Trinajstić information content (AvgIpc) is 2.32. The maximum absolute atomic E-state index is 13.4. The summed E-state index contributed by atoms with van der Waals surface area (Å²) in [6.45, 7) is 0. The molecule has 0 saturated heterocycles. The minimum Gasteiger partial charge on any atom is -0.295 e. The van der Waals surface area contributed by atoms with Crippen LogP contribution in [-0.4, -0.2) is 9.55 Å². The van der Waals surface area contributed by atoms with Crippen molar-refractivity contribution in [2.45, 2.75) is 0 Å². The molecule has 0 aliphatic rings. The van der Waals surface area contributed by atoms with Gasteiger partial charge in [0.05, 0.1) is 15.2 Å². The summed E-state index contributed by atoms with van der Waals surface area (Å²) in [4.78, 5) is 25.4. The van der Waals surface area contributed by atoms with E-state index in [4.69, 9.17) is 23.2 Å². The van der Waals surface area contributed by atoms with Crippen LogP contribution in [0.5, 0.6) is 0 Å². The van der Waals surface area contributed by atoms with Crippen LogP contribution in [0.4, 0.5) is 4.39 Å². The highest BCUT2D eigenvalue weighted by Gasteiger charge is 2.16. The molecule has 0 bridgehead atoms. The van der Waals surface area contributed by atoms with Gasteiger partial charge >= 0.3 is 5.69 Å². The van der Waals surface area contributed by atoms with E-state index in [1.54, 1.807) is 6.07 Å². The second-order valence-electron chi connectivity index (χ2n) is 3.27. The predicted molar refractivity (Wildman–Crippen MR) is 70.3 cm³/mol. The molecule has 1 heterocycles. The van der Waals surface area contributed by atoms with Gasteiger partial charge < -0.3 is 0 Å². The Kier molecular flexibility index (Phi) is 3.61. The van der Waals surface area contributed by atoms with Crippen LogP contribution in [0.2, 0.25) is 10.2 Å². The molecule has 0 atom stereocenters. The molecule has 1 N–H and O–H groups in total. The topological polar surface area (TPSA) is 54.9 Å². The zero-order valence-corrected chi connectivity index (χ0v) is 11.6. The van der Waals surface area contributed by atoms with Crippen molar-refractivity contribution in [3.8, 4) is 5.69 Å². The van der Waals surface area contributed by atoms with Crippen LogP contribution < -0.4 is 11.2 Å². The van der Waals surface area contributed by atoms with Crippen LogP contribution in [0.3, 0.4) is 0 Å². The third-order valence-corrected chi connectivity index (χ3v) is 3.81. The van der Waals surface area contributed by atoms with Gasteiger partial charge in [0.25, 0.3) is 5.56 Å². The molecule has 1 aromatic carbocycles. The van der Waals surface area contributed by atoms with Gasteiger partial charge in [-0.1, -0.05) is 29.3 Å². The van der Waals surface area contributed by atoms with E-state index in [1.165, 1.54) is 12.1 Å². The molecule has 2 aromatic rings. The number of nitrogens with one attached hydrogen (secondary N) is 1. The highest BCUT2D eigenvalue weighted by molar-refractivity contribution is 9.10. The normalized spacial score (nSPS) is 10.7. The first-order valence-electron chi connectivity index (χ1n) is 4.58. The monoisotopic (exact) mass is 352 g/mol. The fraction of sp³-hybridized carbons (Fsp3) is 0. The standard InChI is InChI=1S/C10H4BrCl2FN2O2/c11-6-4(12)2-1-3-5(6)16-9(17)7(14)8(13)15-10(16)18/h1-3H,(H,15,18). The van der Waals surface area contributed by atoms with E-state index in [2.05, 4.69) is 15.9 Å². The highest BCUT2D eigenvalue weighted by Crippen LogP contribution is 2.27. The summed E-state index contributed by atoms with van der Waals surface area (Å²) in [6.07, 6.45) is 0. The summed E-state index contributed by atoms with van der Waals surface area (Å²) in [5, 5.41) is -0.339. The van der Waals surface area contributed by atoms with Crippen molar-refractivity contribution >= 4 is 39.1 Å². The second kappa shape index (κ2) is 4.87. The van der Waals surface area contributed by atoms with Crippen molar-refractivity contribution in [3.63, 3.8) is 0 Å².